The molecule has 5 fully saturated rings. The number of aliphatic hydroxyl groups is 13. The van der Waals surface area contributed by atoms with Gasteiger partial charge in [-0.3, -0.25) is 9.11 Å². The molecule has 464 valence electrons. The van der Waals surface area contributed by atoms with E-state index in [4.69, 9.17) is 52.1 Å². The number of rotatable bonds is 24. The van der Waals surface area contributed by atoms with Crippen molar-refractivity contribution in [3.8, 4) is 0 Å². The van der Waals surface area contributed by atoms with E-state index in [1.165, 1.54) is 13.8 Å². The first-order chi connectivity index (χ1) is 37.4. The van der Waals surface area contributed by atoms with Crippen LogP contribution in [0.3, 0.4) is 0 Å². The lowest BCUT2D eigenvalue weighted by Gasteiger charge is -2.46. The molecule has 0 aromatic carbocycles. The minimum absolute atomic E-state index is 0.677. The van der Waals surface area contributed by atoms with Crippen molar-refractivity contribution >= 4 is 32.7 Å². The Labute approximate surface area is 453 Å². The van der Waals surface area contributed by atoms with Gasteiger partial charge in [0.25, 0.3) is 0 Å². The van der Waals surface area contributed by atoms with Gasteiger partial charge in [0.2, 0.25) is 12.0 Å². The molecule has 6 rings (SSSR count). The molecule has 6 aliphatic heterocycles. The molecule has 0 spiro atoms. The average molecular weight is 1210 g/mol. The third kappa shape index (κ3) is 16.0. The fourth-order valence-corrected chi connectivity index (χ4v) is 11.0. The number of carboxylic acids is 2. The minimum atomic E-state index is -5.28. The number of aliphatic carboxylic acids is 2. The van der Waals surface area contributed by atoms with Crippen LogP contribution < -0.4 is 0 Å². The lowest BCUT2D eigenvalue weighted by Crippen LogP contribution is -2.61. The molecule has 17 N–H and O–H groups in total. The molecule has 6 aliphatic rings. The van der Waals surface area contributed by atoms with Crippen LogP contribution in [0.4, 0.5) is 0 Å². The summed E-state index contributed by atoms with van der Waals surface area (Å²) in [5.41, 5.74) is 0. The highest BCUT2D eigenvalue weighted by Crippen LogP contribution is 2.38. The fraction of sp³-hybridized carbons (Fsp3) is 0.905. The zero-order valence-corrected chi connectivity index (χ0v) is 43.7. The standard InChI is InChI=1S/C42H68O36S2/c1-12-24(46)34(77-79(60,61)62)31(53)41(71-12)68-8-15-14(7-67-39-29(51)19(45)3-20(75-39)36(55)56)23(73-21(4-43)26(15)48)11-66-6-18-28(50)30(52)40(76-33(18)37(57)58)70-10-17-16(27(49)22(5-44)74-38(17)59)9-69-42-32(54)35(78-80(63,64)65)25(47)13(2)72-42/h3,12-19,21-35,38-54,59H,4-11H2,1-2H3,(H,55,56)(H,57,58)(H,60,61,62)(H,63,64,65)/t12?,13?,14?,15?,16?,17?,18-,19?,21?,22?,23+,24+,25+,26-,27-,28?,29?,30?,31?,32?,33?,34?,35?,38?,39+,40+,41+,42+/m0/s1. The lowest BCUT2D eigenvalue weighted by atomic mass is 9.79. The normalized spacial score (nSPS) is 44.9. The largest absolute Gasteiger partial charge is 0.479 e. The summed E-state index contributed by atoms with van der Waals surface area (Å²) in [4.78, 5) is 24.4. The summed E-state index contributed by atoms with van der Waals surface area (Å²) >= 11 is 0. The first-order valence-electron chi connectivity index (χ1n) is 24.6. The zero-order chi connectivity index (χ0) is 59.5. The molecule has 0 aliphatic carbocycles. The first-order valence-corrected chi connectivity index (χ1v) is 27.3. The van der Waals surface area contributed by atoms with E-state index in [1.54, 1.807) is 0 Å². The second-order valence-corrected chi connectivity index (χ2v) is 21.8. The van der Waals surface area contributed by atoms with Gasteiger partial charge < -0.3 is 129 Å². The van der Waals surface area contributed by atoms with Crippen LogP contribution in [-0.2, 0) is 90.9 Å². The Morgan fingerprint density at radius 2 is 0.938 bits per heavy atom. The van der Waals surface area contributed by atoms with Gasteiger partial charge in [-0.05, 0) is 19.9 Å². The summed E-state index contributed by atoms with van der Waals surface area (Å²) in [7, 11) is -10.5. The SMILES string of the molecule is CC1O[C@@H](OCC2C(CO[C@@H]3OC(C(=O)O)[C@@H](COC[C@H]4OC(CO)[C@@H](O)C(CO[C@@H]5OC(C)[C@@H](O)C(OS(=O)(=O)O)C5O)C4CO[C@@H]4OC(C(=O)O)=CC(O)C4O)C(O)C3O)C(O)OC(CO)[C@H]2O)C(O)C(OS(=O)(=O)O)[C@@H]1O. The average Bonchev–Trinajstić information content (AvgIpc) is 3.42. The molecule has 18 unspecified atom stereocenters. The molecule has 0 amide bonds. The van der Waals surface area contributed by atoms with Gasteiger partial charge in [-0.2, -0.15) is 16.8 Å². The van der Waals surface area contributed by atoms with Crippen LogP contribution in [0, 0.1) is 29.6 Å². The Hall–Kier alpha value is -2.70. The summed E-state index contributed by atoms with van der Waals surface area (Å²) in [5.74, 6) is -11.5. The van der Waals surface area contributed by atoms with E-state index < -0.39 is 262 Å². The maximum absolute atomic E-state index is 12.7. The van der Waals surface area contributed by atoms with E-state index >= 15 is 0 Å². The maximum Gasteiger partial charge on any atom is 0.397 e. The third-order valence-electron chi connectivity index (χ3n) is 14.4. The second kappa shape index (κ2) is 28.0. The maximum atomic E-state index is 12.7. The van der Waals surface area contributed by atoms with E-state index in [9.17, 15) is 112 Å². The van der Waals surface area contributed by atoms with E-state index in [0.29, 0.717) is 6.08 Å². The number of carbonyl (C=O) groups is 2. The van der Waals surface area contributed by atoms with Crippen LogP contribution in [0.15, 0.2) is 11.8 Å². The van der Waals surface area contributed by atoms with Crippen LogP contribution in [-0.4, -0.2) is 309 Å². The van der Waals surface area contributed by atoms with Gasteiger partial charge in [-0.25, -0.2) is 18.0 Å². The van der Waals surface area contributed by atoms with Crippen molar-refractivity contribution in [1.29, 1.82) is 0 Å². The molecule has 28 atom stereocenters. The highest BCUT2D eigenvalue weighted by atomic mass is 32.3. The number of hydrogen-bond acceptors (Lipinski definition) is 32. The summed E-state index contributed by atoms with van der Waals surface area (Å²) in [6.07, 6.45) is -41.5. The van der Waals surface area contributed by atoms with E-state index in [0.717, 1.165) is 0 Å². The molecule has 6 heterocycles. The van der Waals surface area contributed by atoms with Crippen molar-refractivity contribution in [2.75, 3.05) is 52.9 Å². The van der Waals surface area contributed by atoms with Crippen LogP contribution in [0.1, 0.15) is 13.8 Å². The van der Waals surface area contributed by atoms with E-state index in [2.05, 4.69) is 8.37 Å². The smallest absolute Gasteiger partial charge is 0.397 e. The number of carboxylic acid groups (broad SMARTS) is 2. The Balaban J connectivity index is 1.16. The molecular formula is C42H68O36S2. The summed E-state index contributed by atoms with van der Waals surface area (Å²) in [6.45, 7) is -3.86. The van der Waals surface area contributed by atoms with Gasteiger partial charge in [0, 0.05) is 29.6 Å². The first kappa shape index (κ1) is 66.4. The van der Waals surface area contributed by atoms with Crippen molar-refractivity contribution in [1.82, 2.24) is 0 Å². The monoisotopic (exact) mass is 1210 g/mol. The number of hydrogen-bond donors (Lipinski definition) is 17. The highest BCUT2D eigenvalue weighted by molar-refractivity contribution is 7.81. The molecule has 5 saturated heterocycles. The number of aliphatic hydroxyl groups excluding tert-OH is 13. The van der Waals surface area contributed by atoms with Crippen molar-refractivity contribution in [2.45, 2.75) is 155 Å². The topological polar surface area (TPSA) is 566 Å². The van der Waals surface area contributed by atoms with E-state index in [-0.39, 0.29) is 0 Å². The van der Waals surface area contributed by atoms with Crippen LogP contribution >= 0.6 is 0 Å². The van der Waals surface area contributed by atoms with Crippen molar-refractivity contribution in [3.63, 3.8) is 0 Å². The fourth-order valence-electron chi connectivity index (χ4n) is 9.97. The molecule has 0 saturated carbocycles. The van der Waals surface area contributed by atoms with Crippen LogP contribution in [0.25, 0.3) is 0 Å². The lowest BCUT2D eigenvalue weighted by molar-refractivity contribution is -0.322. The van der Waals surface area contributed by atoms with Crippen molar-refractivity contribution in [3.05, 3.63) is 11.8 Å². The predicted molar refractivity (Wildman–Crippen MR) is 244 cm³/mol. The van der Waals surface area contributed by atoms with Gasteiger partial charge in [-0.15, -0.1) is 0 Å². The van der Waals surface area contributed by atoms with Gasteiger partial charge in [-0.1, -0.05) is 0 Å². The highest BCUT2D eigenvalue weighted by Gasteiger charge is 2.54. The predicted octanol–water partition coefficient (Wildman–Crippen LogP) is -9.77. The molecule has 0 radical (unpaired) electrons. The van der Waals surface area contributed by atoms with Crippen molar-refractivity contribution in [2.24, 2.45) is 29.6 Å². The number of ether oxygens (including phenoxy) is 11. The molecule has 36 nitrogen and oxygen atoms in total. The minimum Gasteiger partial charge on any atom is -0.479 e. The molecule has 0 bridgehead atoms. The molecule has 38 heteroatoms. The summed E-state index contributed by atoms with van der Waals surface area (Å²) in [6, 6.07) is 0. The van der Waals surface area contributed by atoms with E-state index in [1.807, 2.05) is 0 Å². The van der Waals surface area contributed by atoms with Crippen molar-refractivity contribution < 1.29 is 173 Å². The zero-order valence-electron chi connectivity index (χ0n) is 42.1. The summed E-state index contributed by atoms with van der Waals surface area (Å²) < 4.78 is 135. The Morgan fingerprint density at radius 3 is 1.41 bits per heavy atom. The Morgan fingerprint density at radius 1 is 0.487 bits per heavy atom. The van der Waals surface area contributed by atoms with Gasteiger partial charge in [0.15, 0.2) is 31.3 Å². The Kier molecular flexibility index (Phi) is 23.3. The Bertz CT molecular complexity index is 2280. The quantitative estimate of drug-likeness (QED) is 0.0399. The van der Waals surface area contributed by atoms with Gasteiger partial charge in [0.1, 0.15) is 67.1 Å². The van der Waals surface area contributed by atoms with Crippen LogP contribution in [0.5, 0.6) is 0 Å². The molecule has 0 aromatic heterocycles. The van der Waals surface area contributed by atoms with Crippen LogP contribution in [0.2, 0.25) is 0 Å². The molecule has 80 heavy (non-hydrogen) atoms. The van der Waals surface area contributed by atoms with Gasteiger partial charge >= 0.3 is 32.7 Å². The third-order valence-corrected chi connectivity index (χ3v) is 15.4. The second-order valence-electron chi connectivity index (χ2n) is 19.7. The molecular weight excluding hydrogens is 1140 g/mol. The van der Waals surface area contributed by atoms with Gasteiger partial charge in [0.05, 0.1) is 89.5 Å². The summed E-state index contributed by atoms with van der Waals surface area (Å²) in [5, 5.41) is 160. The molecule has 0 aromatic rings.